The third-order valence-corrected chi connectivity index (χ3v) is 8.18. The standard InChI is InChI=1S/C39H41N5O4/c1-5-43(24-38(45)46)22-32-18-30(28-14-10-26(3)11-15-28)20-36(40-32)34-8-7-9-35(42-34)37-21-31(29-16-12-27(4)13-17-29)19-33(41-37)23-44(6-2)25-39(47)48/h7-21H,5-6,22-25H2,1-4H3,(H,45,46)(H,47,48). The Hall–Kier alpha value is -5.25. The molecule has 0 aliphatic heterocycles. The van der Waals surface area contributed by atoms with Crippen LogP contribution in [0.15, 0.2) is 91.0 Å². The summed E-state index contributed by atoms with van der Waals surface area (Å²) in [4.78, 5) is 41.7. The number of nitrogens with zero attached hydrogens (tertiary/aromatic N) is 5. The number of hydrogen-bond donors (Lipinski definition) is 2. The molecule has 5 rings (SSSR count). The fourth-order valence-corrected chi connectivity index (χ4v) is 5.55. The van der Waals surface area contributed by atoms with Crippen LogP contribution in [0.25, 0.3) is 45.0 Å². The van der Waals surface area contributed by atoms with Gasteiger partial charge in [-0.25, -0.2) is 15.0 Å². The zero-order chi connectivity index (χ0) is 34.2. The lowest BCUT2D eigenvalue weighted by molar-refractivity contribution is -0.139. The largest absolute Gasteiger partial charge is 0.480 e. The number of likely N-dealkylation sites (N-methyl/N-ethyl adjacent to an activating group) is 2. The van der Waals surface area contributed by atoms with Gasteiger partial charge < -0.3 is 10.2 Å². The van der Waals surface area contributed by atoms with Gasteiger partial charge in [0.1, 0.15) is 0 Å². The summed E-state index contributed by atoms with van der Waals surface area (Å²) >= 11 is 0. The molecule has 3 heterocycles. The van der Waals surface area contributed by atoms with E-state index in [9.17, 15) is 19.8 Å². The minimum Gasteiger partial charge on any atom is -0.480 e. The number of rotatable bonds is 14. The summed E-state index contributed by atoms with van der Waals surface area (Å²) in [5, 5.41) is 18.9. The average molecular weight is 644 g/mol. The van der Waals surface area contributed by atoms with Crippen LogP contribution in [-0.2, 0) is 22.7 Å². The molecule has 0 aliphatic rings. The molecule has 0 bridgehead atoms. The molecule has 2 N–H and O–H groups in total. The van der Waals surface area contributed by atoms with Crippen LogP contribution < -0.4 is 0 Å². The van der Waals surface area contributed by atoms with E-state index in [0.717, 1.165) is 44.8 Å². The van der Waals surface area contributed by atoms with Crippen molar-refractivity contribution in [3.05, 3.63) is 114 Å². The fraction of sp³-hybridized carbons (Fsp3) is 0.256. The van der Waals surface area contributed by atoms with Crippen molar-refractivity contribution in [1.82, 2.24) is 24.8 Å². The molecule has 0 spiro atoms. The highest BCUT2D eigenvalue weighted by atomic mass is 16.4. The van der Waals surface area contributed by atoms with Crippen LogP contribution in [0, 0.1) is 13.8 Å². The Morgan fingerprint density at radius 2 is 0.938 bits per heavy atom. The minimum atomic E-state index is -0.883. The van der Waals surface area contributed by atoms with E-state index in [2.05, 4.69) is 48.5 Å². The maximum atomic E-state index is 11.5. The van der Waals surface area contributed by atoms with E-state index in [-0.39, 0.29) is 13.1 Å². The predicted octanol–water partition coefficient (Wildman–Crippen LogP) is 6.97. The van der Waals surface area contributed by atoms with Gasteiger partial charge in [0.25, 0.3) is 0 Å². The van der Waals surface area contributed by atoms with E-state index in [0.29, 0.717) is 49.0 Å². The van der Waals surface area contributed by atoms with Crippen molar-refractivity contribution in [3.8, 4) is 45.0 Å². The smallest absolute Gasteiger partial charge is 0.317 e. The topological polar surface area (TPSA) is 120 Å². The Morgan fingerprint density at radius 3 is 1.29 bits per heavy atom. The SMILES string of the molecule is CCN(CC(=O)O)Cc1cc(-c2ccc(C)cc2)cc(-c2cccc(-c3cc(-c4ccc(C)cc4)cc(CN(CC)CC(=O)O)n3)n2)n1. The molecule has 48 heavy (non-hydrogen) atoms. The van der Waals surface area contributed by atoms with Gasteiger partial charge in [-0.05, 0) is 85.6 Å². The van der Waals surface area contributed by atoms with Gasteiger partial charge in [-0.3, -0.25) is 19.4 Å². The second-order valence-corrected chi connectivity index (χ2v) is 12.0. The average Bonchev–Trinajstić information content (AvgIpc) is 3.07. The summed E-state index contributed by atoms with van der Waals surface area (Å²) in [6.07, 6.45) is 0. The summed E-state index contributed by atoms with van der Waals surface area (Å²) < 4.78 is 0. The molecule has 5 aromatic rings. The maximum absolute atomic E-state index is 11.5. The van der Waals surface area contributed by atoms with Crippen LogP contribution in [0.3, 0.4) is 0 Å². The normalized spacial score (nSPS) is 11.3. The van der Waals surface area contributed by atoms with Crippen LogP contribution in [0.5, 0.6) is 0 Å². The number of aromatic nitrogens is 3. The number of carbonyl (C=O) groups is 2. The van der Waals surface area contributed by atoms with Gasteiger partial charge in [0.2, 0.25) is 0 Å². The first-order valence-corrected chi connectivity index (χ1v) is 16.1. The molecule has 9 heteroatoms. The highest BCUT2D eigenvalue weighted by molar-refractivity contribution is 5.74. The van der Waals surface area contributed by atoms with Crippen molar-refractivity contribution >= 4 is 11.9 Å². The second kappa shape index (κ2) is 15.6. The van der Waals surface area contributed by atoms with Gasteiger partial charge in [0.15, 0.2) is 0 Å². The van der Waals surface area contributed by atoms with Gasteiger partial charge >= 0.3 is 11.9 Å². The molecule has 3 aromatic heterocycles. The number of carboxylic acids is 2. The summed E-state index contributed by atoms with van der Waals surface area (Å²) in [6.45, 7) is 9.70. The molecule has 0 unspecified atom stereocenters. The Labute approximate surface area is 281 Å². The van der Waals surface area contributed by atoms with Crippen molar-refractivity contribution in [2.45, 2.75) is 40.8 Å². The van der Waals surface area contributed by atoms with Crippen LogP contribution in [0.1, 0.15) is 36.4 Å². The number of benzene rings is 2. The number of pyridine rings is 3. The van der Waals surface area contributed by atoms with E-state index in [1.807, 2.05) is 80.0 Å². The predicted molar refractivity (Wildman–Crippen MR) is 188 cm³/mol. The van der Waals surface area contributed by atoms with E-state index in [1.165, 1.54) is 0 Å². The van der Waals surface area contributed by atoms with E-state index < -0.39 is 11.9 Å². The molecule has 9 nitrogen and oxygen atoms in total. The number of aryl methyl sites for hydroxylation is 2. The van der Waals surface area contributed by atoms with E-state index in [1.54, 1.807) is 0 Å². The second-order valence-electron chi connectivity index (χ2n) is 12.0. The molecule has 246 valence electrons. The Bertz CT molecular complexity index is 1760. The van der Waals surface area contributed by atoms with Gasteiger partial charge in [0.05, 0.1) is 47.3 Å². The zero-order valence-electron chi connectivity index (χ0n) is 27.8. The quantitative estimate of drug-likeness (QED) is 0.132. The minimum absolute atomic E-state index is 0.0801. The van der Waals surface area contributed by atoms with Crippen molar-refractivity contribution < 1.29 is 19.8 Å². The van der Waals surface area contributed by atoms with Crippen LogP contribution in [-0.4, -0.2) is 73.1 Å². The highest BCUT2D eigenvalue weighted by Crippen LogP contribution is 2.30. The first-order valence-electron chi connectivity index (χ1n) is 16.1. The lowest BCUT2D eigenvalue weighted by Gasteiger charge is -2.19. The van der Waals surface area contributed by atoms with Gasteiger partial charge in [0, 0.05) is 13.1 Å². The van der Waals surface area contributed by atoms with Gasteiger partial charge in [-0.15, -0.1) is 0 Å². The van der Waals surface area contributed by atoms with Crippen molar-refractivity contribution in [2.24, 2.45) is 0 Å². The van der Waals surface area contributed by atoms with Crippen LogP contribution in [0.4, 0.5) is 0 Å². The summed E-state index contributed by atoms with van der Waals surface area (Å²) in [7, 11) is 0. The lowest BCUT2D eigenvalue weighted by Crippen LogP contribution is -2.29. The highest BCUT2D eigenvalue weighted by Gasteiger charge is 2.16. The summed E-state index contributed by atoms with van der Waals surface area (Å²) in [5.41, 5.74) is 10.5. The monoisotopic (exact) mass is 643 g/mol. The Morgan fingerprint density at radius 1 is 0.542 bits per heavy atom. The maximum Gasteiger partial charge on any atom is 0.317 e. The number of hydrogen-bond acceptors (Lipinski definition) is 7. The first-order chi connectivity index (χ1) is 23.1. The summed E-state index contributed by atoms with van der Waals surface area (Å²) in [6, 6.07) is 30.4. The lowest BCUT2D eigenvalue weighted by atomic mass is 10.0. The van der Waals surface area contributed by atoms with Crippen LogP contribution >= 0.6 is 0 Å². The van der Waals surface area contributed by atoms with Gasteiger partial charge in [-0.1, -0.05) is 79.6 Å². The van der Waals surface area contributed by atoms with Gasteiger partial charge in [-0.2, -0.15) is 0 Å². The first kappa shape index (κ1) is 34.1. The van der Waals surface area contributed by atoms with Crippen LogP contribution in [0.2, 0.25) is 0 Å². The van der Waals surface area contributed by atoms with Crippen molar-refractivity contribution in [3.63, 3.8) is 0 Å². The van der Waals surface area contributed by atoms with E-state index >= 15 is 0 Å². The molecule has 2 aromatic carbocycles. The molecule has 0 atom stereocenters. The number of carboxylic acid groups (broad SMARTS) is 2. The fourth-order valence-electron chi connectivity index (χ4n) is 5.55. The molecular formula is C39H41N5O4. The zero-order valence-corrected chi connectivity index (χ0v) is 27.8. The molecule has 0 saturated carbocycles. The summed E-state index contributed by atoms with van der Waals surface area (Å²) in [5.74, 6) is -1.77. The molecule has 0 aliphatic carbocycles. The third-order valence-electron chi connectivity index (χ3n) is 8.18. The third kappa shape index (κ3) is 8.96. The van der Waals surface area contributed by atoms with Crippen molar-refractivity contribution in [2.75, 3.05) is 26.2 Å². The number of aliphatic carboxylic acids is 2. The van der Waals surface area contributed by atoms with E-state index in [4.69, 9.17) is 15.0 Å². The molecule has 0 fully saturated rings. The molecule has 0 amide bonds. The molecule has 0 radical (unpaired) electrons. The van der Waals surface area contributed by atoms with Crippen molar-refractivity contribution in [1.29, 1.82) is 0 Å². The molecule has 0 saturated heterocycles. The Kier molecular flexibility index (Phi) is 11.1. The Balaban J connectivity index is 1.59. The molecular weight excluding hydrogens is 602 g/mol.